The first-order valence-electron chi connectivity index (χ1n) is 7.68. The Hall–Kier alpha value is -1.71. The largest absolute Gasteiger partial charge is 0.410 e. The molecule has 3 heteroatoms. The predicted octanol–water partition coefficient (Wildman–Crippen LogP) is 5.16. The van der Waals surface area contributed by atoms with Crippen molar-refractivity contribution in [2.45, 2.75) is 39.1 Å². The molecule has 116 valence electrons. The minimum absolute atomic E-state index is 0.130. The molecule has 1 atom stereocenters. The van der Waals surface area contributed by atoms with Gasteiger partial charge in [0.15, 0.2) is 14.1 Å². The Morgan fingerprint density at radius 1 is 1.05 bits per heavy atom. The Balaban J connectivity index is 2.23. The van der Waals surface area contributed by atoms with Crippen molar-refractivity contribution in [1.29, 1.82) is 0 Å². The van der Waals surface area contributed by atoms with Crippen LogP contribution in [0.4, 0.5) is 0 Å². The van der Waals surface area contributed by atoms with E-state index in [2.05, 4.69) is 44.8 Å². The van der Waals surface area contributed by atoms with Crippen molar-refractivity contribution in [2.24, 2.45) is 0 Å². The lowest BCUT2D eigenvalue weighted by Gasteiger charge is -2.26. The fourth-order valence-corrected chi connectivity index (χ4v) is 3.51. The molecule has 0 N–H and O–H groups in total. The SMILES string of the molecule is Cc1cccc(C(CC(=O)c2ccccc2)O[Si](C)(C)C)c1. The first-order chi connectivity index (χ1) is 10.3. The number of carbonyl (C=O) groups is 1. The lowest BCUT2D eigenvalue weighted by Crippen LogP contribution is -2.29. The third-order valence-corrected chi connectivity index (χ3v) is 4.37. The molecule has 2 aromatic rings. The predicted molar refractivity (Wildman–Crippen MR) is 93.7 cm³/mol. The molecule has 0 radical (unpaired) electrons. The second kappa shape index (κ2) is 7.03. The van der Waals surface area contributed by atoms with Crippen LogP contribution >= 0.6 is 0 Å². The van der Waals surface area contributed by atoms with Crippen molar-refractivity contribution in [3.05, 3.63) is 71.3 Å². The highest BCUT2D eigenvalue weighted by molar-refractivity contribution is 6.69. The van der Waals surface area contributed by atoms with Crippen LogP contribution in [0.5, 0.6) is 0 Å². The normalized spacial score (nSPS) is 12.9. The van der Waals surface area contributed by atoms with Crippen LogP contribution < -0.4 is 0 Å². The van der Waals surface area contributed by atoms with E-state index in [1.807, 2.05) is 36.4 Å². The third-order valence-electron chi connectivity index (χ3n) is 3.38. The van der Waals surface area contributed by atoms with Crippen molar-refractivity contribution in [3.8, 4) is 0 Å². The highest BCUT2D eigenvalue weighted by Gasteiger charge is 2.25. The number of hydrogen-bond donors (Lipinski definition) is 0. The van der Waals surface area contributed by atoms with Crippen LogP contribution in [-0.2, 0) is 4.43 Å². The minimum Gasteiger partial charge on any atom is -0.410 e. The number of hydrogen-bond acceptors (Lipinski definition) is 2. The van der Waals surface area contributed by atoms with Crippen molar-refractivity contribution in [3.63, 3.8) is 0 Å². The Labute approximate surface area is 134 Å². The Morgan fingerprint density at radius 2 is 1.73 bits per heavy atom. The molecule has 0 saturated heterocycles. The molecule has 0 amide bonds. The molecule has 0 aromatic heterocycles. The van der Waals surface area contributed by atoms with Crippen molar-refractivity contribution >= 4 is 14.1 Å². The van der Waals surface area contributed by atoms with E-state index in [9.17, 15) is 4.79 Å². The van der Waals surface area contributed by atoms with Gasteiger partial charge < -0.3 is 4.43 Å². The van der Waals surface area contributed by atoms with Gasteiger partial charge in [-0.3, -0.25) is 4.79 Å². The molecule has 0 aliphatic carbocycles. The van der Waals surface area contributed by atoms with Crippen LogP contribution in [0.15, 0.2) is 54.6 Å². The summed E-state index contributed by atoms with van der Waals surface area (Å²) in [5.74, 6) is 0.130. The molecule has 22 heavy (non-hydrogen) atoms. The Kier molecular flexibility index (Phi) is 5.32. The smallest absolute Gasteiger partial charge is 0.184 e. The highest BCUT2D eigenvalue weighted by atomic mass is 28.4. The van der Waals surface area contributed by atoms with E-state index < -0.39 is 8.32 Å². The van der Waals surface area contributed by atoms with Crippen molar-refractivity contribution < 1.29 is 9.22 Å². The second-order valence-electron chi connectivity index (χ2n) is 6.63. The fraction of sp³-hybridized carbons (Fsp3) is 0.316. The van der Waals surface area contributed by atoms with Gasteiger partial charge in [-0.1, -0.05) is 60.2 Å². The molecule has 2 rings (SSSR count). The summed E-state index contributed by atoms with van der Waals surface area (Å²) in [5, 5.41) is 0. The summed E-state index contributed by atoms with van der Waals surface area (Å²) in [7, 11) is -1.74. The first-order valence-corrected chi connectivity index (χ1v) is 11.1. The van der Waals surface area contributed by atoms with Crippen LogP contribution in [0, 0.1) is 6.92 Å². The van der Waals surface area contributed by atoms with Gasteiger partial charge >= 0.3 is 0 Å². The van der Waals surface area contributed by atoms with Gasteiger partial charge in [0, 0.05) is 12.0 Å². The maximum atomic E-state index is 12.5. The zero-order chi connectivity index (χ0) is 16.2. The number of benzene rings is 2. The van der Waals surface area contributed by atoms with E-state index in [0.717, 1.165) is 11.1 Å². The van der Waals surface area contributed by atoms with Crippen LogP contribution in [0.25, 0.3) is 0 Å². The molecular formula is C19H24O2Si. The van der Waals surface area contributed by atoms with Gasteiger partial charge in [0.1, 0.15) is 0 Å². The van der Waals surface area contributed by atoms with E-state index in [-0.39, 0.29) is 11.9 Å². The van der Waals surface area contributed by atoms with Crippen LogP contribution in [0.1, 0.15) is 34.0 Å². The summed E-state index contributed by atoms with van der Waals surface area (Å²) in [4.78, 5) is 12.5. The molecule has 0 saturated carbocycles. The summed E-state index contributed by atoms with van der Waals surface area (Å²) < 4.78 is 6.29. The summed E-state index contributed by atoms with van der Waals surface area (Å²) in [6.45, 7) is 8.53. The zero-order valence-electron chi connectivity index (χ0n) is 13.8. The van der Waals surface area contributed by atoms with Gasteiger partial charge in [0.25, 0.3) is 0 Å². The first kappa shape index (κ1) is 16.7. The zero-order valence-corrected chi connectivity index (χ0v) is 14.8. The van der Waals surface area contributed by atoms with Gasteiger partial charge in [-0.2, -0.15) is 0 Å². The van der Waals surface area contributed by atoms with Crippen molar-refractivity contribution in [1.82, 2.24) is 0 Å². The topological polar surface area (TPSA) is 26.3 Å². The molecule has 0 aliphatic heterocycles. The molecule has 2 nitrogen and oxygen atoms in total. The third kappa shape index (κ3) is 4.93. The van der Waals surface area contributed by atoms with E-state index in [1.165, 1.54) is 5.56 Å². The average molecular weight is 312 g/mol. The molecule has 0 bridgehead atoms. The standard InChI is InChI=1S/C19H24O2Si/c1-15-9-8-12-17(13-15)19(21-22(2,3)4)14-18(20)16-10-6-5-7-11-16/h5-13,19H,14H2,1-4H3. The van der Waals surface area contributed by atoms with E-state index in [0.29, 0.717) is 6.42 Å². The van der Waals surface area contributed by atoms with E-state index >= 15 is 0 Å². The molecule has 0 spiro atoms. The highest BCUT2D eigenvalue weighted by Crippen LogP contribution is 2.27. The van der Waals surface area contributed by atoms with Crippen molar-refractivity contribution in [2.75, 3.05) is 0 Å². The monoisotopic (exact) mass is 312 g/mol. The molecule has 1 unspecified atom stereocenters. The van der Waals surface area contributed by atoms with Crippen LogP contribution in [0.2, 0.25) is 19.6 Å². The van der Waals surface area contributed by atoms with E-state index in [4.69, 9.17) is 4.43 Å². The maximum Gasteiger partial charge on any atom is 0.184 e. The molecular weight excluding hydrogens is 288 g/mol. The summed E-state index contributed by atoms with van der Waals surface area (Å²) in [5.41, 5.74) is 3.03. The number of rotatable bonds is 6. The molecule has 0 heterocycles. The Bertz CT molecular complexity index is 629. The quantitative estimate of drug-likeness (QED) is 0.544. The minimum atomic E-state index is -1.74. The maximum absolute atomic E-state index is 12.5. The lowest BCUT2D eigenvalue weighted by atomic mass is 9.99. The molecule has 0 aliphatic rings. The number of ketones is 1. The van der Waals surface area contributed by atoms with Gasteiger partial charge in [0.05, 0.1) is 6.10 Å². The lowest BCUT2D eigenvalue weighted by molar-refractivity contribution is 0.0900. The van der Waals surface area contributed by atoms with Crippen LogP contribution in [0.3, 0.4) is 0 Å². The Morgan fingerprint density at radius 3 is 2.32 bits per heavy atom. The number of aryl methyl sites for hydroxylation is 1. The van der Waals surface area contributed by atoms with Gasteiger partial charge in [-0.05, 0) is 32.1 Å². The van der Waals surface area contributed by atoms with Crippen LogP contribution in [-0.4, -0.2) is 14.1 Å². The van der Waals surface area contributed by atoms with Gasteiger partial charge in [-0.25, -0.2) is 0 Å². The van der Waals surface area contributed by atoms with Gasteiger partial charge in [-0.15, -0.1) is 0 Å². The van der Waals surface area contributed by atoms with E-state index in [1.54, 1.807) is 0 Å². The second-order valence-corrected chi connectivity index (χ2v) is 11.1. The number of Topliss-reactive ketones (excluding diaryl/α,β-unsaturated/α-hetero) is 1. The molecule has 2 aromatic carbocycles. The summed E-state index contributed by atoms with van der Waals surface area (Å²) in [6, 6.07) is 17.7. The fourth-order valence-electron chi connectivity index (χ4n) is 2.44. The molecule has 0 fully saturated rings. The van der Waals surface area contributed by atoms with Gasteiger partial charge in [0.2, 0.25) is 0 Å². The summed E-state index contributed by atoms with van der Waals surface area (Å²) >= 11 is 0. The summed E-state index contributed by atoms with van der Waals surface area (Å²) in [6.07, 6.45) is 0.219. The number of carbonyl (C=O) groups excluding carboxylic acids is 1. The average Bonchev–Trinajstić information content (AvgIpc) is 2.46.